The fourth-order valence-corrected chi connectivity index (χ4v) is 3.36. The van der Waals surface area contributed by atoms with E-state index in [9.17, 15) is 4.79 Å². The van der Waals surface area contributed by atoms with Crippen molar-refractivity contribution >= 4 is 34.8 Å². The number of ether oxygens (including phenoxy) is 2. The summed E-state index contributed by atoms with van der Waals surface area (Å²) in [5, 5.41) is 8.42. The van der Waals surface area contributed by atoms with Gasteiger partial charge in [-0.1, -0.05) is 29.3 Å². The highest BCUT2D eigenvalue weighted by molar-refractivity contribution is 6.42. The minimum absolute atomic E-state index is 0.135. The van der Waals surface area contributed by atoms with E-state index < -0.39 is 0 Å². The molecule has 158 valence electrons. The van der Waals surface area contributed by atoms with Crippen LogP contribution in [-0.2, 0) is 16.0 Å². The van der Waals surface area contributed by atoms with Crippen molar-refractivity contribution in [1.29, 1.82) is 0 Å². The first kappa shape index (κ1) is 22.2. The Balaban J connectivity index is 1.72. The summed E-state index contributed by atoms with van der Waals surface area (Å²) in [6.07, 6.45) is 0.202. The number of aryl methyl sites for hydroxylation is 1. The topological polar surface area (TPSA) is 65.4 Å². The van der Waals surface area contributed by atoms with Crippen LogP contribution in [0.2, 0.25) is 10.0 Å². The first-order valence-electron chi connectivity index (χ1n) is 9.41. The van der Waals surface area contributed by atoms with Gasteiger partial charge in [0.2, 0.25) is 5.91 Å². The molecule has 0 aliphatic carbocycles. The van der Waals surface area contributed by atoms with E-state index in [1.807, 2.05) is 38.1 Å². The van der Waals surface area contributed by atoms with Crippen LogP contribution in [0.5, 0.6) is 5.75 Å². The number of hydrogen-bond acceptors (Lipinski definition) is 4. The Kier molecular flexibility index (Phi) is 7.37. The maximum atomic E-state index is 12.7. The second-order valence-corrected chi connectivity index (χ2v) is 7.57. The van der Waals surface area contributed by atoms with Crippen LogP contribution < -0.4 is 10.1 Å². The molecule has 0 bridgehead atoms. The second kappa shape index (κ2) is 9.98. The Bertz CT molecular complexity index is 1050. The number of methoxy groups -OCH3 is 1. The zero-order valence-electron chi connectivity index (χ0n) is 17.0. The molecule has 1 aromatic heterocycles. The lowest BCUT2D eigenvalue weighted by Crippen LogP contribution is -2.15. The summed E-state index contributed by atoms with van der Waals surface area (Å²) in [4.78, 5) is 12.7. The number of halogens is 2. The van der Waals surface area contributed by atoms with Crippen LogP contribution in [0.3, 0.4) is 0 Å². The molecule has 1 N–H and O–H groups in total. The SMILES string of the molecule is COCCOc1cccc(NC(=O)Cc2c(C)nn(-c3ccc(Cl)c(Cl)c3)c2C)c1. The quantitative estimate of drug-likeness (QED) is 0.493. The number of nitrogens with zero attached hydrogens (tertiary/aromatic N) is 2. The second-order valence-electron chi connectivity index (χ2n) is 6.75. The van der Waals surface area contributed by atoms with Crippen LogP contribution in [0, 0.1) is 13.8 Å². The fourth-order valence-electron chi connectivity index (χ4n) is 3.07. The molecule has 6 nitrogen and oxygen atoms in total. The third kappa shape index (κ3) is 5.33. The first-order chi connectivity index (χ1) is 14.4. The molecule has 0 atom stereocenters. The van der Waals surface area contributed by atoms with E-state index in [0.717, 1.165) is 22.6 Å². The normalized spacial score (nSPS) is 10.8. The van der Waals surface area contributed by atoms with Crippen molar-refractivity contribution in [1.82, 2.24) is 9.78 Å². The van der Waals surface area contributed by atoms with Gasteiger partial charge in [0, 0.05) is 30.1 Å². The van der Waals surface area contributed by atoms with Gasteiger partial charge in [-0.15, -0.1) is 0 Å². The largest absolute Gasteiger partial charge is 0.491 e. The number of hydrogen-bond donors (Lipinski definition) is 1. The molecule has 3 rings (SSSR count). The Morgan fingerprint density at radius 2 is 1.90 bits per heavy atom. The smallest absolute Gasteiger partial charge is 0.228 e. The molecule has 1 amide bonds. The summed E-state index contributed by atoms with van der Waals surface area (Å²) in [5.74, 6) is 0.536. The fraction of sp³-hybridized carbons (Fsp3) is 0.273. The molecule has 0 saturated heterocycles. The maximum absolute atomic E-state index is 12.7. The lowest BCUT2D eigenvalue weighted by molar-refractivity contribution is -0.115. The van der Waals surface area contributed by atoms with Crippen molar-refractivity contribution < 1.29 is 14.3 Å². The number of carbonyl (C=O) groups excluding carboxylic acids is 1. The van der Waals surface area contributed by atoms with E-state index in [1.165, 1.54) is 0 Å². The summed E-state index contributed by atoms with van der Waals surface area (Å²) in [6.45, 7) is 4.75. The van der Waals surface area contributed by atoms with Crippen molar-refractivity contribution in [2.75, 3.05) is 25.6 Å². The lowest BCUT2D eigenvalue weighted by Gasteiger charge is -2.10. The van der Waals surface area contributed by atoms with Crippen molar-refractivity contribution in [3.8, 4) is 11.4 Å². The molecule has 0 saturated carbocycles. The molecular formula is C22H23Cl2N3O3. The van der Waals surface area contributed by atoms with E-state index in [-0.39, 0.29) is 12.3 Å². The third-order valence-electron chi connectivity index (χ3n) is 4.60. The summed E-state index contributed by atoms with van der Waals surface area (Å²) < 4.78 is 12.3. The van der Waals surface area contributed by atoms with Gasteiger partial charge in [-0.25, -0.2) is 4.68 Å². The maximum Gasteiger partial charge on any atom is 0.228 e. The summed E-state index contributed by atoms with van der Waals surface area (Å²) >= 11 is 12.1. The number of benzene rings is 2. The average Bonchev–Trinajstić information content (AvgIpc) is 2.99. The van der Waals surface area contributed by atoms with Crippen LogP contribution in [0.4, 0.5) is 5.69 Å². The van der Waals surface area contributed by atoms with E-state index in [2.05, 4.69) is 10.4 Å². The number of anilines is 1. The van der Waals surface area contributed by atoms with Gasteiger partial charge >= 0.3 is 0 Å². The van der Waals surface area contributed by atoms with E-state index >= 15 is 0 Å². The van der Waals surface area contributed by atoms with Gasteiger partial charge in [0.1, 0.15) is 12.4 Å². The minimum Gasteiger partial charge on any atom is -0.491 e. The van der Waals surface area contributed by atoms with Gasteiger partial charge in [-0.3, -0.25) is 4.79 Å². The summed E-state index contributed by atoms with van der Waals surface area (Å²) in [6, 6.07) is 12.6. The monoisotopic (exact) mass is 447 g/mol. The highest BCUT2D eigenvalue weighted by Crippen LogP contribution is 2.26. The predicted molar refractivity (Wildman–Crippen MR) is 119 cm³/mol. The van der Waals surface area contributed by atoms with Crippen LogP contribution in [0.25, 0.3) is 5.69 Å². The molecule has 0 aliphatic rings. The van der Waals surface area contributed by atoms with E-state index in [0.29, 0.717) is 34.7 Å². The molecular weight excluding hydrogens is 425 g/mol. The third-order valence-corrected chi connectivity index (χ3v) is 5.34. The Labute approximate surface area is 185 Å². The van der Waals surface area contributed by atoms with Gasteiger partial charge in [0.05, 0.1) is 34.5 Å². The van der Waals surface area contributed by atoms with Gasteiger partial charge in [-0.05, 0) is 44.2 Å². The molecule has 0 unspecified atom stereocenters. The number of aromatic nitrogens is 2. The van der Waals surface area contributed by atoms with Crippen molar-refractivity contribution in [3.63, 3.8) is 0 Å². The Morgan fingerprint density at radius 1 is 1.10 bits per heavy atom. The predicted octanol–water partition coefficient (Wildman–Crippen LogP) is 5.00. The lowest BCUT2D eigenvalue weighted by atomic mass is 10.1. The molecule has 0 radical (unpaired) electrons. The highest BCUT2D eigenvalue weighted by atomic mass is 35.5. The molecule has 0 fully saturated rings. The molecule has 0 aliphatic heterocycles. The van der Waals surface area contributed by atoms with Crippen LogP contribution in [-0.4, -0.2) is 36.0 Å². The first-order valence-corrected chi connectivity index (χ1v) is 10.2. The molecule has 30 heavy (non-hydrogen) atoms. The van der Waals surface area contributed by atoms with Crippen molar-refractivity contribution in [2.24, 2.45) is 0 Å². The van der Waals surface area contributed by atoms with Crippen LogP contribution in [0.15, 0.2) is 42.5 Å². The Hall–Kier alpha value is -2.54. The van der Waals surface area contributed by atoms with Gasteiger partial charge in [0.25, 0.3) is 0 Å². The van der Waals surface area contributed by atoms with Crippen molar-refractivity contribution in [2.45, 2.75) is 20.3 Å². The standard InChI is InChI=1S/C22H23Cl2N3O3/c1-14-19(15(2)27(26-14)17-7-8-20(23)21(24)12-17)13-22(28)25-16-5-4-6-18(11-16)30-10-9-29-3/h4-8,11-12H,9-10,13H2,1-3H3,(H,25,28). The van der Waals surface area contributed by atoms with Gasteiger partial charge < -0.3 is 14.8 Å². The molecule has 2 aromatic carbocycles. The number of rotatable bonds is 8. The average molecular weight is 448 g/mol. The van der Waals surface area contributed by atoms with Gasteiger partial charge in [0.15, 0.2) is 0 Å². The minimum atomic E-state index is -0.135. The van der Waals surface area contributed by atoms with Gasteiger partial charge in [-0.2, -0.15) is 5.10 Å². The zero-order chi connectivity index (χ0) is 21.7. The zero-order valence-corrected chi connectivity index (χ0v) is 18.5. The van der Waals surface area contributed by atoms with Crippen LogP contribution in [0.1, 0.15) is 17.0 Å². The number of carbonyl (C=O) groups is 1. The molecule has 1 heterocycles. The van der Waals surface area contributed by atoms with E-state index in [4.69, 9.17) is 32.7 Å². The number of amides is 1. The van der Waals surface area contributed by atoms with Crippen LogP contribution >= 0.6 is 23.2 Å². The summed E-state index contributed by atoms with van der Waals surface area (Å²) in [7, 11) is 1.62. The molecule has 0 spiro atoms. The van der Waals surface area contributed by atoms with E-state index in [1.54, 1.807) is 30.0 Å². The Morgan fingerprint density at radius 3 is 2.63 bits per heavy atom. The molecule has 3 aromatic rings. The van der Waals surface area contributed by atoms with Crippen molar-refractivity contribution in [3.05, 3.63) is 69.5 Å². The number of nitrogens with one attached hydrogen (secondary N) is 1. The highest BCUT2D eigenvalue weighted by Gasteiger charge is 2.17. The molecule has 8 heteroatoms. The summed E-state index contributed by atoms with van der Waals surface area (Å²) in [5.41, 5.74) is 3.98.